The van der Waals surface area contributed by atoms with E-state index in [0.717, 1.165) is 10.5 Å². The SMILES string of the molecule is CCCn1c(=O)c2[nH]c(-c3ccc(OCC(=O)NCCNC(=O)CN(Cc4ccccc4)C(=O)[O-])cc3)nc2n(CCC)c1=O. The highest BCUT2D eigenvalue weighted by Gasteiger charge is 2.17. The van der Waals surface area contributed by atoms with Crippen LogP contribution in [0, 0.1) is 0 Å². The monoisotopic (exact) mass is 618 g/mol. The van der Waals surface area contributed by atoms with Gasteiger partial charge in [0.2, 0.25) is 5.91 Å². The van der Waals surface area contributed by atoms with Crippen molar-refractivity contribution in [3.8, 4) is 17.1 Å². The van der Waals surface area contributed by atoms with Crippen molar-refractivity contribution in [1.29, 1.82) is 0 Å². The molecule has 0 fully saturated rings. The minimum absolute atomic E-state index is 0.0191. The second-order valence-electron chi connectivity index (χ2n) is 10.3. The first-order chi connectivity index (χ1) is 21.7. The lowest BCUT2D eigenvalue weighted by Crippen LogP contribution is -2.47. The molecular formula is C31H36N7O7-. The van der Waals surface area contributed by atoms with Gasteiger partial charge in [0.25, 0.3) is 11.5 Å². The fourth-order valence-corrected chi connectivity index (χ4v) is 4.68. The van der Waals surface area contributed by atoms with Crippen molar-refractivity contribution >= 4 is 29.1 Å². The van der Waals surface area contributed by atoms with Crippen molar-refractivity contribution < 1.29 is 24.2 Å². The fraction of sp³-hybridized carbons (Fsp3) is 0.355. The zero-order chi connectivity index (χ0) is 32.3. The molecule has 0 saturated carbocycles. The summed E-state index contributed by atoms with van der Waals surface area (Å²) in [6.07, 6.45) is -0.112. The van der Waals surface area contributed by atoms with Gasteiger partial charge in [-0.05, 0) is 42.7 Å². The first-order valence-corrected chi connectivity index (χ1v) is 14.7. The number of aromatic nitrogens is 4. The summed E-state index contributed by atoms with van der Waals surface area (Å²) in [4.78, 5) is 70.2. The van der Waals surface area contributed by atoms with Gasteiger partial charge in [-0.3, -0.25) is 23.5 Å². The Morgan fingerprint density at radius 2 is 1.56 bits per heavy atom. The minimum atomic E-state index is -1.46. The summed E-state index contributed by atoms with van der Waals surface area (Å²) < 4.78 is 8.30. The normalized spacial score (nSPS) is 10.9. The largest absolute Gasteiger partial charge is 0.530 e. The molecular weight excluding hydrogens is 582 g/mol. The van der Waals surface area contributed by atoms with Crippen molar-refractivity contribution in [2.24, 2.45) is 0 Å². The van der Waals surface area contributed by atoms with Gasteiger partial charge in [0, 0.05) is 38.3 Å². The third-order valence-electron chi connectivity index (χ3n) is 6.83. The topological polar surface area (TPSA) is 183 Å². The lowest BCUT2D eigenvalue weighted by Gasteiger charge is -2.24. The number of imidazole rings is 1. The molecule has 14 nitrogen and oxygen atoms in total. The molecule has 0 saturated heterocycles. The number of carbonyl (C=O) groups is 3. The van der Waals surface area contributed by atoms with Crippen LogP contribution in [0.4, 0.5) is 4.79 Å². The minimum Gasteiger partial charge on any atom is -0.530 e. The van der Waals surface area contributed by atoms with Crippen LogP contribution in [0.2, 0.25) is 0 Å². The molecule has 0 bridgehead atoms. The smallest absolute Gasteiger partial charge is 0.332 e. The first kappa shape index (κ1) is 32.5. The molecule has 3 amide bonds. The van der Waals surface area contributed by atoms with Crippen LogP contribution in [-0.4, -0.2) is 68.2 Å². The molecule has 0 unspecified atom stereocenters. The number of benzene rings is 2. The van der Waals surface area contributed by atoms with Crippen molar-refractivity contribution in [2.45, 2.75) is 46.3 Å². The van der Waals surface area contributed by atoms with Gasteiger partial charge in [-0.1, -0.05) is 44.2 Å². The van der Waals surface area contributed by atoms with E-state index < -0.39 is 30.0 Å². The van der Waals surface area contributed by atoms with Crippen molar-refractivity contribution in [3.63, 3.8) is 0 Å². The van der Waals surface area contributed by atoms with E-state index in [9.17, 15) is 29.1 Å². The fourth-order valence-electron chi connectivity index (χ4n) is 4.68. The summed E-state index contributed by atoms with van der Waals surface area (Å²) in [6.45, 7) is 4.16. The summed E-state index contributed by atoms with van der Waals surface area (Å²) >= 11 is 0. The van der Waals surface area contributed by atoms with E-state index in [2.05, 4.69) is 20.6 Å². The highest BCUT2D eigenvalue weighted by Crippen LogP contribution is 2.22. The van der Waals surface area contributed by atoms with Crippen LogP contribution in [0.5, 0.6) is 5.75 Å². The van der Waals surface area contributed by atoms with Crippen LogP contribution in [0.1, 0.15) is 32.3 Å². The lowest BCUT2D eigenvalue weighted by atomic mass is 10.2. The second kappa shape index (κ2) is 15.4. The highest BCUT2D eigenvalue weighted by molar-refractivity contribution is 5.81. The van der Waals surface area contributed by atoms with Crippen LogP contribution in [0.25, 0.3) is 22.6 Å². The van der Waals surface area contributed by atoms with E-state index in [0.29, 0.717) is 48.7 Å². The van der Waals surface area contributed by atoms with Gasteiger partial charge >= 0.3 is 5.69 Å². The van der Waals surface area contributed by atoms with E-state index in [-0.39, 0.29) is 37.4 Å². The number of nitrogens with zero attached hydrogens (tertiary/aromatic N) is 4. The molecule has 0 aliphatic heterocycles. The van der Waals surface area contributed by atoms with E-state index in [1.165, 1.54) is 9.13 Å². The number of aryl methyl sites for hydroxylation is 1. The molecule has 4 rings (SSSR count). The van der Waals surface area contributed by atoms with Gasteiger partial charge in [-0.15, -0.1) is 0 Å². The Morgan fingerprint density at radius 1 is 0.911 bits per heavy atom. The van der Waals surface area contributed by atoms with Crippen LogP contribution in [0.3, 0.4) is 0 Å². The van der Waals surface area contributed by atoms with Crippen molar-refractivity contribution in [3.05, 3.63) is 81.0 Å². The van der Waals surface area contributed by atoms with Gasteiger partial charge in [-0.25, -0.2) is 9.78 Å². The lowest BCUT2D eigenvalue weighted by molar-refractivity contribution is -0.266. The third kappa shape index (κ3) is 8.37. The van der Waals surface area contributed by atoms with Crippen LogP contribution >= 0.6 is 0 Å². The van der Waals surface area contributed by atoms with Crippen LogP contribution < -0.4 is 31.7 Å². The molecule has 2 aromatic heterocycles. The Balaban J connectivity index is 1.26. The Bertz CT molecular complexity index is 1740. The van der Waals surface area contributed by atoms with Crippen molar-refractivity contribution in [2.75, 3.05) is 26.2 Å². The van der Waals surface area contributed by atoms with Crippen LogP contribution in [-0.2, 0) is 29.2 Å². The van der Waals surface area contributed by atoms with Gasteiger partial charge in [0.1, 0.15) is 23.2 Å². The van der Waals surface area contributed by atoms with Gasteiger partial charge in [0.05, 0.1) is 6.54 Å². The van der Waals surface area contributed by atoms with E-state index >= 15 is 0 Å². The Labute approximate surface area is 258 Å². The Kier molecular flexibility index (Phi) is 11.1. The molecule has 0 aliphatic carbocycles. The molecule has 2 aromatic carbocycles. The standard InChI is InChI=1S/C31H37N7O7/c1-3-16-37-28-26(29(41)38(17-4-2)30(37)42)34-27(35-28)22-10-12-23(13-11-22)45-20-25(40)33-15-14-32-24(39)19-36(31(43)44)18-21-8-6-5-7-9-21/h5-13H,3-4,14-20H2,1-2H3,(H,32,39)(H,33,40)(H,34,35)(H,43,44)/p-1. The number of carboxylic acid groups (broad SMARTS) is 1. The molecule has 0 spiro atoms. The number of aromatic amines is 1. The van der Waals surface area contributed by atoms with Crippen LogP contribution in [0.15, 0.2) is 64.2 Å². The Morgan fingerprint density at radius 3 is 2.20 bits per heavy atom. The summed E-state index contributed by atoms with van der Waals surface area (Å²) in [5, 5.41) is 16.6. The van der Waals surface area contributed by atoms with E-state index in [4.69, 9.17) is 4.74 Å². The molecule has 45 heavy (non-hydrogen) atoms. The molecule has 3 N–H and O–H groups in total. The predicted molar refractivity (Wildman–Crippen MR) is 164 cm³/mol. The Hall–Kier alpha value is -5.40. The van der Waals surface area contributed by atoms with Gasteiger partial charge in [-0.2, -0.15) is 0 Å². The summed E-state index contributed by atoms with van der Waals surface area (Å²) in [5.74, 6) is -0.0872. The quantitative estimate of drug-likeness (QED) is 0.164. The maximum absolute atomic E-state index is 13.0. The summed E-state index contributed by atoms with van der Waals surface area (Å²) in [5.41, 5.74) is 1.18. The first-order valence-electron chi connectivity index (χ1n) is 14.7. The van der Waals surface area contributed by atoms with Gasteiger partial charge < -0.3 is 35.2 Å². The predicted octanol–water partition coefficient (Wildman–Crippen LogP) is 0.830. The molecule has 0 atom stereocenters. The number of rotatable bonds is 15. The number of hydrogen-bond acceptors (Lipinski definition) is 8. The number of ether oxygens (including phenoxy) is 1. The maximum Gasteiger partial charge on any atom is 0.332 e. The molecule has 0 radical (unpaired) electrons. The van der Waals surface area contributed by atoms with E-state index in [1.54, 1.807) is 54.6 Å². The molecule has 0 aliphatic rings. The summed E-state index contributed by atoms with van der Waals surface area (Å²) in [7, 11) is 0. The number of amides is 3. The highest BCUT2D eigenvalue weighted by atomic mass is 16.5. The average molecular weight is 619 g/mol. The number of nitrogens with one attached hydrogen (secondary N) is 3. The van der Waals surface area contributed by atoms with Crippen molar-refractivity contribution in [1.82, 2.24) is 34.6 Å². The molecule has 14 heteroatoms. The number of carbonyl (C=O) groups excluding carboxylic acids is 3. The zero-order valence-electron chi connectivity index (χ0n) is 25.2. The number of fused-ring (bicyclic) bond motifs is 1. The molecule has 2 heterocycles. The van der Waals surface area contributed by atoms with E-state index in [1.807, 2.05) is 13.8 Å². The zero-order valence-corrected chi connectivity index (χ0v) is 25.2. The average Bonchev–Trinajstić information content (AvgIpc) is 3.48. The molecule has 4 aromatic rings. The number of hydrogen-bond donors (Lipinski definition) is 3. The third-order valence-corrected chi connectivity index (χ3v) is 6.83. The maximum atomic E-state index is 13.0. The number of H-pyrrole nitrogens is 1. The summed E-state index contributed by atoms with van der Waals surface area (Å²) in [6, 6.07) is 15.6. The van der Waals surface area contributed by atoms with Gasteiger partial charge in [0.15, 0.2) is 12.3 Å². The molecule has 238 valence electrons. The second-order valence-corrected chi connectivity index (χ2v) is 10.3.